The average Bonchev–Trinajstić information content (AvgIpc) is 3.52. The molecule has 0 atom stereocenters. The lowest BCUT2D eigenvalue weighted by atomic mass is 10.1. The zero-order valence-electron chi connectivity index (χ0n) is 20.1. The number of pyridine rings is 4. The number of carbonyl (C=O) groups excluding carboxylic acids is 1. The zero-order chi connectivity index (χ0) is 25.4. The van der Waals surface area contributed by atoms with Crippen LogP contribution in [0.3, 0.4) is 0 Å². The number of fused-ring (bicyclic) bond motifs is 2. The molecule has 0 fully saturated rings. The van der Waals surface area contributed by atoms with Crippen molar-refractivity contribution in [3.63, 3.8) is 0 Å². The van der Waals surface area contributed by atoms with Gasteiger partial charge in [-0.3, -0.25) is 24.8 Å². The number of rotatable bonds is 6. The topological polar surface area (TPSA) is 141 Å². The molecule has 11 nitrogen and oxygen atoms in total. The zero-order valence-corrected chi connectivity index (χ0v) is 20.1. The second-order valence-electron chi connectivity index (χ2n) is 8.77. The van der Waals surface area contributed by atoms with E-state index < -0.39 is 0 Å². The van der Waals surface area contributed by atoms with Gasteiger partial charge in [0.25, 0.3) is 0 Å². The quantitative estimate of drug-likeness (QED) is 0.322. The van der Waals surface area contributed by atoms with Gasteiger partial charge in [0.15, 0.2) is 11.5 Å². The number of likely N-dealkylation sites (N-methyl/N-ethyl adjacent to an activating group) is 1. The summed E-state index contributed by atoms with van der Waals surface area (Å²) >= 11 is 0. The molecular weight excluding hydrogens is 468 g/mol. The van der Waals surface area contributed by atoms with E-state index in [2.05, 4.69) is 35.5 Å². The van der Waals surface area contributed by atoms with E-state index in [1.807, 2.05) is 56.6 Å². The highest BCUT2D eigenvalue weighted by Gasteiger charge is 2.18. The van der Waals surface area contributed by atoms with Crippen molar-refractivity contribution in [2.75, 3.05) is 26.0 Å². The molecule has 0 radical (unpaired) electrons. The number of nitrogens with one attached hydrogen (secondary N) is 3. The summed E-state index contributed by atoms with van der Waals surface area (Å²) in [6, 6.07) is 13.2. The largest absolute Gasteiger partial charge is 0.336 e. The first-order chi connectivity index (χ1) is 18.0. The Kier molecular flexibility index (Phi) is 5.58. The SMILES string of the molecule is CN(C)CC(=O)Nc1cncc(-c2ccc3[nH]nc(-c4nc5c(-c6ccccn6)nccc5[nH]4)c3n2)c1. The summed E-state index contributed by atoms with van der Waals surface area (Å²) in [5.41, 5.74) is 7.03. The Morgan fingerprint density at radius 1 is 0.919 bits per heavy atom. The molecule has 6 aromatic heterocycles. The summed E-state index contributed by atoms with van der Waals surface area (Å²) in [5, 5.41) is 10.4. The number of aromatic nitrogens is 8. The van der Waals surface area contributed by atoms with Crippen LogP contribution in [0, 0.1) is 0 Å². The standard InChI is InChI=1S/C26H22N10O/c1-36(2)14-21(37)30-16-11-15(12-27-13-16)17-6-7-20-24(31-17)25(35-34-20)26-32-19-8-10-29-22(23(19)33-26)18-5-3-4-9-28-18/h3-13H,14H2,1-2H3,(H,30,37)(H,32,33)(H,34,35). The normalized spacial score (nSPS) is 11.4. The van der Waals surface area contributed by atoms with E-state index in [0.29, 0.717) is 39.6 Å². The van der Waals surface area contributed by atoms with Crippen LogP contribution in [0.2, 0.25) is 0 Å². The van der Waals surface area contributed by atoms with Gasteiger partial charge in [-0.2, -0.15) is 5.10 Å². The Hall–Kier alpha value is -5.03. The first-order valence-electron chi connectivity index (χ1n) is 11.6. The van der Waals surface area contributed by atoms with E-state index in [-0.39, 0.29) is 12.5 Å². The maximum atomic E-state index is 12.2. The first kappa shape index (κ1) is 22.4. The fourth-order valence-corrected chi connectivity index (χ4v) is 4.10. The van der Waals surface area contributed by atoms with Gasteiger partial charge in [-0.25, -0.2) is 9.97 Å². The number of aromatic amines is 2. The fraction of sp³-hybridized carbons (Fsp3) is 0.115. The molecule has 0 unspecified atom stereocenters. The van der Waals surface area contributed by atoms with Gasteiger partial charge in [-0.15, -0.1) is 0 Å². The molecule has 0 spiro atoms. The highest BCUT2D eigenvalue weighted by Crippen LogP contribution is 2.30. The first-order valence-corrected chi connectivity index (χ1v) is 11.6. The minimum absolute atomic E-state index is 0.117. The monoisotopic (exact) mass is 490 g/mol. The van der Waals surface area contributed by atoms with Crippen LogP contribution in [0.15, 0.2) is 67.3 Å². The Balaban J connectivity index is 1.38. The van der Waals surface area contributed by atoms with Gasteiger partial charge in [-0.05, 0) is 50.5 Å². The van der Waals surface area contributed by atoms with E-state index in [1.165, 1.54) is 0 Å². The summed E-state index contributed by atoms with van der Waals surface area (Å²) in [6.45, 7) is 0.280. The number of hydrogen-bond acceptors (Lipinski definition) is 8. The van der Waals surface area contributed by atoms with Crippen LogP contribution in [-0.2, 0) is 4.79 Å². The van der Waals surface area contributed by atoms with Crippen LogP contribution in [0.25, 0.3) is 56.2 Å². The van der Waals surface area contributed by atoms with Crippen LogP contribution in [-0.4, -0.2) is 71.5 Å². The molecule has 6 heterocycles. The lowest BCUT2D eigenvalue weighted by Gasteiger charge is -2.10. The van der Waals surface area contributed by atoms with Crippen molar-refractivity contribution in [3.05, 3.63) is 67.3 Å². The van der Waals surface area contributed by atoms with Crippen molar-refractivity contribution in [2.45, 2.75) is 0 Å². The Labute approximate surface area is 211 Å². The van der Waals surface area contributed by atoms with E-state index in [4.69, 9.17) is 9.97 Å². The predicted octanol–water partition coefficient (Wildman–Crippen LogP) is 3.52. The van der Waals surface area contributed by atoms with Crippen molar-refractivity contribution >= 4 is 33.7 Å². The minimum atomic E-state index is -0.117. The van der Waals surface area contributed by atoms with Crippen molar-refractivity contribution in [2.24, 2.45) is 0 Å². The van der Waals surface area contributed by atoms with Gasteiger partial charge >= 0.3 is 0 Å². The summed E-state index contributed by atoms with van der Waals surface area (Å²) in [7, 11) is 3.68. The number of carbonyl (C=O) groups is 1. The average molecular weight is 491 g/mol. The second-order valence-corrected chi connectivity index (χ2v) is 8.77. The fourth-order valence-electron chi connectivity index (χ4n) is 4.10. The molecule has 37 heavy (non-hydrogen) atoms. The molecular formula is C26H22N10O. The number of nitrogens with zero attached hydrogens (tertiary/aromatic N) is 7. The van der Waals surface area contributed by atoms with E-state index >= 15 is 0 Å². The lowest BCUT2D eigenvalue weighted by Crippen LogP contribution is -2.27. The molecule has 0 aliphatic carbocycles. The third-order valence-corrected chi connectivity index (χ3v) is 5.72. The summed E-state index contributed by atoms with van der Waals surface area (Å²) < 4.78 is 0. The number of imidazole rings is 1. The van der Waals surface area contributed by atoms with E-state index in [9.17, 15) is 4.79 Å². The van der Waals surface area contributed by atoms with E-state index in [1.54, 1.807) is 29.7 Å². The van der Waals surface area contributed by atoms with Gasteiger partial charge in [0.05, 0.1) is 40.9 Å². The van der Waals surface area contributed by atoms with Crippen LogP contribution < -0.4 is 5.32 Å². The van der Waals surface area contributed by atoms with Gasteiger partial charge in [0.1, 0.15) is 16.7 Å². The van der Waals surface area contributed by atoms with Crippen LogP contribution in [0.5, 0.6) is 0 Å². The minimum Gasteiger partial charge on any atom is -0.336 e. The second kappa shape index (κ2) is 9.21. The maximum absolute atomic E-state index is 12.2. The van der Waals surface area contributed by atoms with Gasteiger partial charge in [-0.1, -0.05) is 6.07 Å². The Morgan fingerprint density at radius 3 is 2.65 bits per heavy atom. The third-order valence-electron chi connectivity index (χ3n) is 5.72. The molecule has 0 aromatic carbocycles. The summed E-state index contributed by atoms with van der Waals surface area (Å²) in [4.78, 5) is 40.2. The smallest absolute Gasteiger partial charge is 0.238 e. The van der Waals surface area contributed by atoms with Crippen molar-refractivity contribution in [1.29, 1.82) is 0 Å². The van der Waals surface area contributed by atoms with Crippen molar-refractivity contribution in [3.8, 4) is 34.2 Å². The summed E-state index contributed by atoms with van der Waals surface area (Å²) in [6.07, 6.45) is 6.78. The van der Waals surface area contributed by atoms with Gasteiger partial charge in [0, 0.05) is 24.2 Å². The number of amides is 1. The van der Waals surface area contributed by atoms with Crippen LogP contribution >= 0.6 is 0 Å². The van der Waals surface area contributed by atoms with Crippen molar-refractivity contribution in [1.82, 2.24) is 45.0 Å². The molecule has 182 valence electrons. The highest BCUT2D eigenvalue weighted by molar-refractivity contribution is 5.95. The van der Waals surface area contributed by atoms with Gasteiger partial charge in [0.2, 0.25) is 5.91 Å². The molecule has 3 N–H and O–H groups in total. The Bertz CT molecular complexity index is 1740. The lowest BCUT2D eigenvalue weighted by molar-refractivity contribution is -0.116. The molecule has 0 bridgehead atoms. The van der Waals surface area contributed by atoms with Crippen LogP contribution in [0.4, 0.5) is 5.69 Å². The maximum Gasteiger partial charge on any atom is 0.238 e. The van der Waals surface area contributed by atoms with Gasteiger partial charge < -0.3 is 15.2 Å². The highest BCUT2D eigenvalue weighted by atomic mass is 16.2. The Morgan fingerprint density at radius 2 is 1.81 bits per heavy atom. The molecule has 6 aromatic rings. The molecule has 1 amide bonds. The van der Waals surface area contributed by atoms with E-state index in [0.717, 1.165) is 22.3 Å². The molecule has 6 rings (SSSR count). The van der Waals surface area contributed by atoms with Crippen molar-refractivity contribution < 1.29 is 4.79 Å². The van der Waals surface area contributed by atoms with Crippen LogP contribution in [0.1, 0.15) is 0 Å². The molecule has 0 saturated heterocycles. The number of hydrogen-bond donors (Lipinski definition) is 3. The predicted molar refractivity (Wildman–Crippen MR) is 140 cm³/mol. The molecule has 11 heteroatoms. The molecule has 0 aliphatic rings. The molecule has 0 aliphatic heterocycles. The number of H-pyrrole nitrogens is 2. The molecule has 0 saturated carbocycles. The summed E-state index contributed by atoms with van der Waals surface area (Å²) in [5.74, 6) is 0.452. The third kappa shape index (κ3) is 4.39. The number of anilines is 1.